The third-order valence-electron chi connectivity index (χ3n) is 1.03. The molecule has 1 rings (SSSR count). The van der Waals surface area contributed by atoms with Crippen LogP contribution in [-0.2, 0) is 4.79 Å². The monoisotopic (exact) mass is 178 g/mol. The summed E-state index contributed by atoms with van der Waals surface area (Å²) in [7, 11) is 0. The van der Waals surface area contributed by atoms with Crippen molar-refractivity contribution in [3.8, 4) is 0 Å². The number of carbonyl (C=O) groups excluding carboxylic acids is 1. The van der Waals surface area contributed by atoms with Gasteiger partial charge in [-0.3, -0.25) is 9.21 Å². The summed E-state index contributed by atoms with van der Waals surface area (Å²) in [4.78, 5) is 13.9. The first-order valence-electron chi connectivity index (χ1n) is 2.54. The molecule has 0 bridgehead atoms. The lowest BCUT2D eigenvalue weighted by molar-refractivity contribution is -0.105. The zero-order valence-corrected chi connectivity index (χ0v) is 6.43. The predicted molar refractivity (Wildman–Crippen MR) is 40.0 cm³/mol. The van der Waals surface area contributed by atoms with Crippen molar-refractivity contribution in [1.29, 1.82) is 0 Å². The quantitative estimate of drug-likeness (QED) is 0.343. The van der Waals surface area contributed by atoms with E-state index in [1.165, 1.54) is 10.8 Å². The van der Waals surface area contributed by atoms with E-state index in [4.69, 9.17) is 23.4 Å². The Kier molecular flexibility index (Phi) is 2.29. The molecule has 0 N–H and O–H groups in total. The normalized spacial score (nSPS) is 18.0. The summed E-state index contributed by atoms with van der Waals surface area (Å²) in [5.41, 5.74) is 0.402. The van der Waals surface area contributed by atoms with Gasteiger partial charge in [0.15, 0.2) is 6.29 Å². The second kappa shape index (κ2) is 3.03. The van der Waals surface area contributed by atoms with E-state index < -0.39 is 0 Å². The number of rotatable bonds is 1. The molecule has 0 spiro atoms. The Labute approximate surface area is 68.0 Å². The molecule has 10 heavy (non-hydrogen) atoms. The zero-order chi connectivity index (χ0) is 7.56. The van der Waals surface area contributed by atoms with Crippen LogP contribution in [0.4, 0.5) is 0 Å². The first-order valence-corrected chi connectivity index (χ1v) is 3.26. The van der Waals surface area contributed by atoms with E-state index >= 15 is 0 Å². The minimum absolute atomic E-state index is 0.215. The zero-order valence-electron chi connectivity index (χ0n) is 4.92. The lowest BCUT2D eigenvalue weighted by Crippen LogP contribution is -2.18. The van der Waals surface area contributed by atoms with Crippen molar-refractivity contribution in [3.05, 3.63) is 10.7 Å². The molecule has 54 valence electrons. The molecule has 1 aliphatic heterocycles. The molecule has 0 aromatic heterocycles. The van der Waals surface area contributed by atoms with Crippen LogP contribution in [0.3, 0.4) is 0 Å². The van der Waals surface area contributed by atoms with Gasteiger partial charge in [-0.1, -0.05) is 11.6 Å². The highest BCUT2D eigenvalue weighted by Gasteiger charge is 2.10. The fourth-order valence-corrected chi connectivity index (χ4v) is 0.871. The largest absolute Gasteiger partial charge is 0.298 e. The fraction of sp³-hybridized carbons (Fsp3) is 0.200. The third kappa shape index (κ3) is 1.49. The van der Waals surface area contributed by atoms with Crippen LogP contribution in [0.1, 0.15) is 0 Å². The van der Waals surface area contributed by atoms with E-state index in [1.54, 1.807) is 0 Å². The summed E-state index contributed by atoms with van der Waals surface area (Å²) in [6.45, 7) is 0.313. The first-order chi connectivity index (χ1) is 4.74. The Bertz CT molecular complexity index is 212. The number of nitrogens with zero attached hydrogens (tertiary/aromatic N) is 2. The Hall–Kier alpha value is -0.540. The highest BCUT2D eigenvalue weighted by atomic mass is 35.5. The smallest absolute Gasteiger partial charge is 0.150 e. The van der Waals surface area contributed by atoms with E-state index in [9.17, 15) is 4.79 Å². The van der Waals surface area contributed by atoms with Crippen LogP contribution < -0.4 is 0 Å². The molecular weight excluding hydrogens is 175 g/mol. The van der Waals surface area contributed by atoms with Gasteiger partial charge < -0.3 is 0 Å². The Balaban J connectivity index is 2.83. The summed E-state index contributed by atoms with van der Waals surface area (Å²) in [6, 6.07) is 0. The lowest BCUT2D eigenvalue weighted by Gasteiger charge is -2.13. The van der Waals surface area contributed by atoms with Crippen molar-refractivity contribution in [2.24, 2.45) is 4.99 Å². The third-order valence-corrected chi connectivity index (χ3v) is 1.57. The van der Waals surface area contributed by atoms with Gasteiger partial charge in [0.05, 0.1) is 12.1 Å². The maximum atomic E-state index is 10.2. The topological polar surface area (TPSA) is 32.7 Å². The molecule has 5 heteroatoms. The summed E-state index contributed by atoms with van der Waals surface area (Å²) in [5, 5.41) is 0.215. The molecule has 3 nitrogen and oxygen atoms in total. The summed E-state index contributed by atoms with van der Waals surface area (Å²) in [6.07, 6.45) is 2.01. The Morgan fingerprint density at radius 3 is 3.00 bits per heavy atom. The van der Waals surface area contributed by atoms with Gasteiger partial charge in [0.1, 0.15) is 11.5 Å². The fourth-order valence-electron chi connectivity index (χ4n) is 0.551. The molecule has 0 aromatic rings. The van der Waals surface area contributed by atoms with Gasteiger partial charge in [0, 0.05) is 11.8 Å². The number of aldehydes is 1. The number of carbonyl (C=O) groups is 1. The van der Waals surface area contributed by atoms with Crippen LogP contribution in [0.2, 0.25) is 0 Å². The van der Waals surface area contributed by atoms with E-state index in [1.807, 2.05) is 0 Å². The van der Waals surface area contributed by atoms with E-state index in [2.05, 4.69) is 4.99 Å². The minimum atomic E-state index is 0.215. The molecule has 0 atom stereocenters. The molecule has 0 fully saturated rings. The number of halogens is 2. The minimum Gasteiger partial charge on any atom is -0.298 e. The van der Waals surface area contributed by atoms with Crippen LogP contribution >= 0.6 is 23.4 Å². The summed E-state index contributed by atoms with van der Waals surface area (Å²) in [5.74, 6) is 0. The average molecular weight is 179 g/mol. The second-order valence-corrected chi connectivity index (χ2v) is 2.53. The van der Waals surface area contributed by atoms with Gasteiger partial charge in [-0.15, -0.1) is 0 Å². The number of hydrogen-bond donors (Lipinski definition) is 0. The average Bonchev–Trinajstić information content (AvgIpc) is 1.94. The van der Waals surface area contributed by atoms with Gasteiger partial charge in [-0.05, 0) is 0 Å². The van der Waals surface area contributed by atoms with Crippen molar-refractivity contribution in [3.63, 3.8) is 0 Å². The SMILES string of the molecule is O=CC1=C(Cl)N=CN(Cl)C1. The van der Waals surface area contributed by atoms with Crippen molar-refractivity contribution in [1.82, 2.24) is 4.42 Å². The lowest BCUT2D eigenvalue weighted by atomic mass is 10.3. The maximum Gasteiger partial charge on any atom is 0.150 e. The van der Waals surface area contributed by atoms with E-state index in [-0.39, 0.29) is 5.16 Å². The van der Waals surface area contributed by atoms with E-state index in [0.717, 1.165) is 0 Å². The van der Waals surface area contributed by atoms with E-state index in [0.29, 0.717) is 18.4 Å². The number of hydrogen-bond acceptors (Lipinski definition) is 3. The molecule has 1 heterocycles. The van der Waals surface area contributed by atoms with Crippen LogP contribution in [0, 0.1) is 0 Å². The predicted octanol–water partition coefficient (Wildman–Crippen LogP) is 1.13. The molecule has 0 unspecified atom stereocenters. The maximum absolute atomic E-state index is 10.2. The van der Waals surface area contributed by atoms with Crippen LogP contribution in [0.15, 0.2) is 15.7 Å². The highest BCUT2D eigenvalue weighted by Crippen LogP contribution is 2.15. The van der Waals surface area contributed by atoms with Crippen molar-refractivity contribution in [2.75, 3.05) is 6.54 Å². The second-order valence-electron chi connectivity index (χ2n) is 1.74. The molecule has 0 radical (unpaired) electrons. The molecule has 0 amide bonds. The van der Waals surface area contributed by atoms with Crippen molar-refractivity contribution >= 4 is 36.0 Å². The van der Waals surface area contributed by atoms with Gasteiger partial charge >= 0.3 is 0 Å². The molecule has 0 saturated carbocycles. The molecule has 0 saturated heterocycles. The highest BCUT2D eigenvalue weighted by molar-refractivity contribution is 6.32. The van der Waals surface area contributed by atoms with Crippen LogP contribution in [0.25, 0.3) is 0 Å². The van der Waals surface area contributed by atoms with Crippen molar-refractivity contribution < 1.29 is 4.79 Å². The molecule has 0 aliphatic carbocycles. The number of aliphatic imine (C=N–C) groups is 1. The molecule has 0 aromatic carbocycles. The van der Waals surface area contributed by atoms with Gasteiger partial charge in [-0.2, -0.15) is 0 Å². The first kappa shape index (κ1) is 7.57. The Morgan fingerprint density at radius 1 is 1.80 bits per heavy atom. The molecule has 1 aliphatic rings. The van der Waals surface area contributed by atoms with Crippen LogP contribution in [0.5, 0.6) is 0 Å². The van der Waals surface area contributed by atoms with Gasteiger partial charge in [-0.25, -0.2) is 4.99 Å². The van der Waals surface area contributed by atoms with Gasteiger partial charge in [0.2, 0.25) is 0 Å². The van der Waals surface area contributed by atoms with Crippen molar-refractivity contribution in [2.45, 2.75) is 0 Å². The standard InChI is InChI=1S/C5H4Cl2N2O/c6-5-4(2-10)1-9(7)3-8-5/h2-3H,1H2. The summed E-state index contributed by atoms with van der Waals surface area (Å²) < 4.78 is 1.26. The summed E-state index contributed by atoms with van der Waals surface area (Å²) >= 11 is 11.0. The molecular formula is C5H4Cl2N2O. The van der Waals surface area contributed by atoms with Crippen LogP contribution in [-0.4, -0.2) is 23.6 Å². The van der Waals surface area contributed by atoms with Gasteiger partial charge in [0.25, 0.3) is 0 Å². The Morgan fingerprint density at radius 2 is 2.50 bits per heavy atom.